The van der Waals surface area contributed by atoms with Crippen molar-refractivity contribution in [1.82, 2.24) is 10.2 Å². The molecule has 3 rings (SSSR count). The summed E-state index contributed by atoms with van der Waals surface area (Å²) in [6.07, 6.45) is 2.98. The first-order valence-electron chi connectivity index (χ1n) is 10.6. The molecule has 158 valence electrons. The first-order valence-corrected chi connectivity index (χ1v) is 10.6. The first-order chi connectivity index (χ1) is 14.2. The van der Waals surface area contributed by atoms with E-state index in [1.807, 2.05) is 18.2 Å². The van der Waals surface area contributed by atoms with E-state index in [1.165, 1.54) is 24.0 Å². The van der Waals surface area contributed by atoms with Gasteiger partial charge >= 0.3 is 0 Å². The fourth-order valence-corrected chi connectivity index (χ4v) is 3.79. The lowest BCUT2D eigenvalue weighted by molar-refractivity contribution is 0.0747. The predicted molar refractivity (Wildman–Crippen MR) is 117 cm³/mol. The van der Waals surface area contributed by atoms with E-state index < -0.39 is 6.10 Å². The molecule has 1 saturated heterocycles. The summed E-state index contributed by atoms with van der Waals surface area (Å²) in [5, 5.41) is 13.7. The highest BCUT2D eigenvalue weighted by Gasteiger charge is 2.17. The number of hydrogen-bond donors (Lipinski definition) is 2. The topological polar surface area (TPSA) is 54.0 Å². The number of hydrogen-bond acceptors (Lipinski definition) is 5. The van der Waals surface area contributed by atoms with Gasteiger partial charge in [0.25, 0.3) is 0 Å². The second-order valence-corrected chi connectivity index (χ2v) is 7.81. The van der Waals surface area contributed by atoms with E-state index >= 15 is 0 Å². The molecule has 1 fully saturated rings. The number of methoxy groups -OCH3 is 1. The van der Waals surface area contributed by atoms with Crippen molar-refractivity contribution in [3.8, 4) is 11.5 Å². The Morgan fingerprint density at radius 1 is 1.10 bits per heavy atom. The molecule has 2 N–H and O–H groups in total. The molecule has 0 bridgehead atoms. The molecular weight excluding hydrogens is 364 g/mol. The zero-order chi connectivity index (χ0) is 20.5. The number of aliphatic hydroxyl groups excluding tert-OH is 1. The number of ether oxygens (including phenoxy) is 2. The van der Waals surface area contributed by atoms with Crippen molar-refractivity contribution >= 4 is 0 Å². The molecule has 2 aromatic carbocycles. The van der Waals surface area contributed by atoms with Crippen LogP contribution < -0.4 is 14.8 Å². The van der Waals surface area contributed by atoms with Gasteiger partial charge in [-0.2, -0.15) is 0 Å². The zero-order valence-corrected chi connectivity index (χ0v) is 17.7. The van der Waals surface area contributed by atoms with Gasteiger partial charge in [0.2, 0.25) is 0 Å². The van der Waals surface area contributed by atoms with Gasteiger partial charge in [0.15, 0.2) is 11.5 Å². The minimum absolute atomic E-state index is 0.279. The number of β-amino-alcohol motifs (C(OH)–C–C–N with tert-alkyl or cyclic N) is 1. The van der Waals surface area contributed by atoms with Crippen LogP contribution in [0.2, 0.25) is 0 Å². The molecule has 2 aromatic rings. The van der Waals surface area contributed by atoms with Crippen molar-refractivity contribution in [2.24, 2.45) is 0 Å². The van der Waals surface area contributed by atoms with Crippen LogP contribution in [0, 0.1) is 6.92 Å². The van der Waals surface area contributed by atoms with E-state index in [-0.39, 0.29) is 6.61 Å². The van der Waals surface area contributed by atoms with Crippen molar-refractivity contribution in [2.75, 3.05) is 39.9 Å². The molecule has 1 aliphatic heterocycles. The number of aryl methyl sites for hydroxylation is 1. The number of nitrogens with one attached hydrogen (secondary N) is 1. The molecule has 5 heteroatoms. The highest BCUT2D eigenvalue weighted by Crippen LogP contribution is 2.28. The number of aliphatic hydroxyl groups is 1. The number of benzene rings is 2. The van der Waals surface area contributed by atoms with Gasteiger partial charge in [-0.25, -0.2) is 0 Å². The first kappa shape index (κ1) is 21.6. The largest absolute Gasteiger partial charge is 0.493 e. The smallest absolute Gasteiger partial charge is 0.161 e. The van der Waals surface area contributed by atoms with E-state index in [4.69, 9.17) is 9.47 Å². The third kappa shape index (κ3) is 6.74. The maximum atomic E-state index is 10.2. The van der Waals surface area contributed by atoms with Gasteiger partial charge in [-0.3, -0.25) is 0 Å². The van der Waals surface area contributed by atoms with Gasteiger partial charge in [-0.1, -0.05) is 30.3 Å². The van der Waals surface area contributed by atoms with Crippen LogP contribution in [0.3, 0.4) is 0 Å². The lowest BCUT2D eigenvalue weighted by Crippen LogP contribution is -2.33. The van der Waals surface area contributed by atoms with Gasteiger partial charge in [0.1, 0.15) is 12.7 Å². The van der Waals surface area contributed by atoms with Gasteiger partial charge < -0.3 is 24.8 Å². The molecular formula is C24H34N2O3. The molecule has 0 amide bonds. The molecule has 1 atom stereocenters. The standard InChI is InChI=1S/C24H34N2O3/c1-19-7-3-4-8-21(19)11-12-25-16-20-9-10-23(24(15-20)28-2)29-18-22(27)17-26-13-5-6-14-26/h3-4,7-10,15,22,25,27H,5-6,11-14,16-18H2,1-2H3. The molecule has 5 nitrogen and oxygen atoms in total. The summed E-state index contributed by atoms with van der Waals surface area (Å²) in [7, 11) is 1.65. The van der Waals surface area contributed by atoms with Crippen LogP contribution >= 0.6 is 0 Å². The molecule has 0 spiro atoms. The molecule has 1 heterocycles. The maximum absolute atomic E-state index is 10.2. The highest BCUT2D eigenvalue weighted by molar-refractivity contribution is 5.43. The summed E-state index contributed by atoms with van der Waals surface area (Å²) in [6.45, 7) is 6.96. The Morgan fingerprint density at radius 3 is 2.66 bits per heavy atom. The summed E-state index contributed by atoms with van der Waals surface area (Å²) >= 11 is 0. The van der Waals surface area contributed by atoms with E-state index in [0.29, 0.717) is 18.0 Å². The number of rotatable bonds is 11. The zero-order valence-electron chi connectivity index (χ0n) is 17.7. The summed E-state index contributed by atoms with van der Waals surface area (Å²) < 4.78 is 11.3. The van der Waals surface area contributed by atoms with Gasteiger partial charge in [0.05, 0.1) is 7.11 Å². The fraction of sp³-hybridized carbons (Fsp3) is 0.500. The average molecular weight is 399 g/mol. The minimum Gasteiger partial charge on any atom is -0.493 e. The van der Waals surface area contributed by atoms with Crippen LogP contribution in [-0.2, 0) is 13.0 Å². The molecule has 0 aromatic heterocycles. The van der Waals surface area contributed by atoms with Crippen molar-refractivity contribution in [1.29, 1.82) is 0 Å². The summed E-state index contributed by atoms with van der Waals surface area (Å²) in [5.74, 6) is 1.38. The predicted octanol–water partition coefficient (Wildman–Crippen LogP) is 3.17. The van der Waals surface area contributed by atoms with E-state index in [2.05, 4.69) is 41.4 Å². The van der Waals surface area contributed by atoms with Gasteiger partial charge in [-0.15, -0.1) is 0 Å². The van der Waals surface area contributed by atoms with E-state index in [1.54, 1.807) is 7.11 Å². The second-order valence-electron chi connectivity index (χ2n) is 7.81. The van der Waals surface area contributed by atoms with Crippen LogP contribution in [0.25, 0.3) is 0 Å². The third-order valence-electron chi connectivity index (χ3n) is 5.49. The monoisotopic (exact) mass is 398 g/mol. The summed E-state index contributed by atoms with van der Waals surface area (Å²) in [5.41, 5.74) is 3.87. The van der Waals surface area contributed by atoms with Gasteiger partial charge in [-0.05, 0) is 74.6 Å². The summed E-state index contributed by atoms with van der Waals surface area (Å²) in [4.78, 5) is 2.29. The van der Waals surface area contributed by atoms with Gasteiger partial charge in [0, 0.05) is 13.1 Å². The van der Waals surface area contributed by atoms with Crippen molar-refractivity contribution in [2.45, 2.75) is 38.8 Å². The Kier molecular flexibility index (Phi) is 8.35. The van der Waals surface area contributed by atoms with Crippen LogP contribution in [-0.4, -0.2) is 56.0 Å². The van der Waals surface area contributed by atoms with Crippen LogP contribution in [0.5, 0.6) is 11.5 Å². The molecule has 1 aliphatic rings. The Bertz CT molecular complexity index is 760. The fourth-order valence-electron chi connectivity index (χ4n) is 3.79. The molecule has 29 heavy (non-hydrogen) atoms. The lowest BCUT2D eigenvalue weighted by Gasteiger charge is -2.20. The SMILES string of the molecule is COc1cc(CNCCc2ccccc2C)ccc1OCC(O)CN1CCCC1. The molecule has 1 unspecified atom stereocenters. The third-order valence-corrected chi connectivity index (χ3v) is 5.49. The van der Waals surface area contributed by atoms with Crippen molar-refractivity contribution < 1.29 is 14.6 Å². The van der Waals surface area contributed by atoms with Crippen molar-refractivity contribution in [3.05, 3.63) is 59.2 Å². The van der Waals surface area contributed by atoms with E-state index in [9.17, 15) is 5.11 Å². The number of likely N-dealkylation sites (tertiary alicyclic amines) is 1. The lowest BCUT2D eigenvalue weighted by atomic mass is 10.1. The second kappa shape index (κ2) is 11.2. The Morgan fingerprint density at radius 2 is 1.90 bits per heavy atom. The quantitative estimate of drug-likeness (QED) is 0.570. The Hall–Kier alpha value is -2.08. The Balaban J connectivity index is 1.44. The average Bonchev–Trinajstić information content (AvgIpc) is 3.24. The van der Waals surface area contributed by atoms with Crippen LogP contribution in [0.4, 0.5) is 0 Å². The van der Waals surface area contributed by atoms with Crippen molar-refractivity contribution in [3.63, 3.8) is 0 Å². The molecule has 0 aliphatic carbocycles. The molecule has 0 radical (unpaired) electrons. The molecule has 0 saturated carbocycles. The van der Waals surface area contributed by atoms with E-state index in [0.717, 1.165) is 38.2 Å². The highest BCUT2D eigenvalue weighted by atomic mass is 16.5. The maximum Gasteiger partial charge on any atom is 0.161 e. The normalized spacial score (nSPS) is 15.4. The summed E-state index contributed by atoms with van der Waals surface area (Å²) in [6, 6.07) is 14.5. The minimum atomic E-state index is -0.486. The number of nitrogens with zero attached hydrogens (tertiary/aromatic N) is 1. The Labute approximate surface area is 174 Å². The van der Waals surface area contributed by atoms with Crippen LogP contribution in [0.1, 0.15) is 29.5 Å². The van der Waals surface area contributed by atoms with Crippen LogP contribution in [0.15, 0.2) is 42.5 Å².